The first-order valence-electron chi connectivity index (χ1n) is 8.08. The van der Waals surface area contributed by atoms with E-state index in [0.717, 1.165) is 22.3 Å². The van der Waals surface area contributed by atoms with Crippen molar-refractivity contribution in [3.05, 3.63) is 57.0 Å². The number of sulfonamides is 1. The van der Waals surface area contributed by atoms with Gasteiger partial charge in [0.1, 0.15) is 10.6 Å². The smallest absolute Gasteiger partial charge is 0.250 e. The molecule has 1 aliphatic heterocycles. The van der Waals surface area contributed by atoms with Crippen molar-refractivity contribution in [1.82, 2.24) is 8.87 Å². The van der Waals surface area contributed by atoms with Crippen molar-refractivity contribution in [2.45, 2.75) is 31.7 Å². The zero-order valence-corrected chi connectivity index (χ0v) is 15.7. The average molecular weight is 362 g/mol. The molecular formula is C18H22N2O4S. The SMILES string of the molecule is COc1cc(C)c(C)cc1S(=O)(=O)N1CCc2cc(=O)n(C)cc2C1. The van der Waals surface area contributed by atoms with Gasteiger partial charge in [0.2, 0.25) is 10.0 Å². The molecule has 0 bridgehead atoms. The molecule has 0 amide bonds. The predicted octanol–water partition coefficient (Wildman–Crippen LogP) is 1.76. The monoisotopic (exact) mass is 362 g/mol. The molecule has 0 spiro atoms. The van der Waals surface area contributed by atoms with Crippen molar-refractivity contribution in [2.75, 3.05) is 13.7 Å². The van der Waals surface area contributed by atoms with E-state index < -0.39 is 10.0 Å². The van der Waals surface area contributed by atoms with Crippen LogP contribution < -0.4 is 10.3 Å². The molecule has 3 rings (SSSR count). The fourth-order valence-corrected chi connectivity index (χ4v) is 4.72. The number of hydrogen-bond donors (Lipinski definition) is 0. The Hall–Kier alpha value is -2.12. The van der Waals surface area contributed by atoms with E-state index in [0.29, 0.717) is 18.7 Å². The van der Waals surface area contributed by atoms with Gasteiger partial charge in [-0.3, -0.25) is 4.79 Å². The minimum absolute atomic E-state index is 0.0779. The lowest BCUT2D eigenvalue weighted by molar-refractivity contribution is 0.376. The Kier molecular flexibility index (Phi) is 4.47. The highest BCUT2D eigenvalue weighted by Crippen LogP contribution is 2.32. The molecule has 2 heterocycles. The van der Waals surface area contributed by atoms with E-state index in [1.807, 2.05) is 13.8 Å². The third kappa shape index (κ3) is 3.09. The number of fused-ring (bicyclic) bond motifs is 1. The Morgan fingerprint density at radius 1 is 1.08 bits per heavy atom. The van der Waals surface area contributed by atoms with Gasteiger partial charge in [0.05, 0.1) is 7.11 Å². The molecule has 2 aromatic rings. The van der Waals surface area contributed by atoms with Gasteiger partial charge in [0, 0.05) is 32.4 Å². The molecule has 0 N–H and O–H groups in total. The summed E-state index contributed by atoms with van der Waals surface area (Å²) in [4.78, 5) is 11.9. The van der Waals surface area contributed by atoms with Crippen LogP contribution in [-0.2, 0) is 30.0 Å². The highest BCUT2D eigenvalue weighted by Gasteiger charge is 2.31. The highest BCUT2D eigenvalue weighted by molar-refractivity contribution is 7.89. The molecule has 25 heavy (non-hydrogen) atoms. The third-order valence-corrected chi connectivity index (χ3v) is 6.65. The van der Waals surface area contributed by atoms with Crippen LogP contribution in [0.5, 0.6) is 5.75 Å². The highest BCUT2D eigenvalue weighted by atomic mass is 32.2. The van der Waals surface area contributed by atoms with Crippen LogP contribution in [0.1, 0.15) is 22.3 Å². The van der Waals surface area contributed by atoms with Gasteiger partial charge in [0.25, 0.3) is 5.56 Å². The minimum Gasteiger partial charge on any atom is -0.495 e. The van der Waals surface area contributed by atoms with Gasteiger partial charge in [-0.25, -0.2) is 8.42 Å². The Balaban J connectivity index is 2.03. The second kappa shape index (κ2) is 6.31. The molecule has 0 unspecified atom stereocenters. The van der Waals surface area contributed by atoms with Gasteiger partial charge in [-0.05, 0) is 54.7 Å². The number of nitrogens with zero attached hydrogens (tertiary/aromatic N) is 2. The summed E-state index contributed by atoms with van der Waals surface area (Å²) in [5.74, 6) is 0.356. The largest absolute Gasteiger partial charge is 0.495 e. The van der Waals surface area contributed by atoms with E-state index in [-0.39, 0.29) is 17.0 Å². The van der Waals surface area contributed by atoms with Crippen molar-refractivity contribution in [2.24, 2.45) is 7.05 Å². The molecule has 0 atom stereocenters. The molecule has 0 saturated heterocycles. The maximum absolute atomic E-state index is 13.2. The number of ether oxygens (including phenoxy) is 1. The lowest BCUT2D eigenvalue weighted by atomic mass is 10.0. The maximum Gasteiger partial charge on any atom is 0.250 e. The molecule has 1 aliphatic rings. The Labute approximate surface area is 147 Å². The van der Waals surface area contributed by atoms with Gasteiger partial charge in [0.15, 0.2) is 0 Å². The van der Waals surface area contributed by atoms with Crippen molar-refractivity contribution < 1.29 is 13.2 Å². The summed E-state index contributed by atoms with van der Waals surface area (Å²) in [5.41, 5.74) is 3.58. The molecule has 0 radical (unpaired) electrons. The van der Waals surface area contributed by atoms with Crippen LogP contribution >= 0.6 is 0 Å². The molecule has 1 aromatic carbocycles. The van der Waals surface area contributed by atoms with Crippen LogP contribution in [0, 0.1) is 13.8 Å². The molecule has 0 fully saturated rings. The van der Waals surface area contributed by atoms with Crippen molar-refractivity contribution in [3.63, 3.8) is 0 Å². The summed E-state index contributed by atoms with van der Waals surface area (Å²) in [7, 11) is -0.543. The molecule has 0 aliphatic carbocycles. The molecule has 0 saturated carbocycles. The minimum atomic E-state index is -3.69. The first-order valence-corrected chi connectivity index (χ1v) is 9.52. The molecular weight excluding hydrogens is 340 g/mol. The van der Waals surface area contributed by atoms with Crippen molar-refractivity contribution in [1.29, 1.82) is 0 Å². The van der Waals surface area contributed by atoms with E-state index in [9.17, 15) is 13.2 Å². The topological polar surface area (TPSA) is 68.6 Å². The number of hydrogen-bond acceptors (Lipinski definition) is 4. The summed E-state index contributed by atoms with van der Waals surface area (Å²) in [5, 5.41) is 0. The normalized spacial score (nSPS) is 15.0. The standard InChI is InChI=1S/C18H22N2O4S/c1-12-7-16(24-4)17(8-13(12)2)25(22,23)20-6-5-14-9-18(21)19(3)10-15(14)11-20/h7-10H,5-6,11H2,1-4H3. The molecule has 7 heteroatoms. The summed E-state index contributed by atoms with van der Waals surface area (Å²) in [6, 6.07) is 5.01. The zero-order chi connectivity index (χ0) is 18.4. The quantitative estimate of drug-likeness (QED) is 0.834. The van der Waals surface area contributed by atoms with Crippen LogP contribution in [-0.4, -0.2) is 30.9 Å². The summed E-state index contributed by atoms with van der Waals surface area (Å²) >= 11 is 0. The van der Waals surface area contributed by atoms with E-state index in [4.69, 9.17) is 4.74 Å². The van der Waals surface area contributed by atoms with Crippen LogP contribution in [0.2, 0.25) is 0 Å². The summed E-state index contributed by atoms with van der Waals surface area (Å²) in [6.07, 6.45) is 2.24. The first kappa shape index (κ1) is 17.7. The van der Waals surface area contributed by atoms with E-state index >= 15 is 0 Å². The van der Waals surface area contributed by atoms with Crippen LogP contribution in [0.25, 0.3) is 0 Å². The fourth-order valence-electron chi connectivity index (χ4n) is 3.08. The molecule has 6 nitrogen and oxygen atoms in total. The third-order valence-electron chi connectivity index (χ3n) is 4.78. The number of pyridine rings is 1. The van der Waals surface area contributed by atoms with Gasteiger partial charge in [-0.15, -0.1) is 0 Å². The second-order valence-electron chi connectivity index (χ2n) is 6.45. The number of rotatable bonds is 3. The van der Waals surface area contributed by atoms with Crippen LogP contribution in [0.3, 0.4) is 0 Å². The number of aromatic nitrogens is 1. The fraction of sp³-hybridized carbons (Fsp3) is 0.389. The lowest BCUT2D eigenvalue weighted by Gasteiger charge is -2.29. The molecule has 134 valence electrons. The number of methoxy groups -OCH3 is 1. The van der Waals surface area contributed by atoms with Crippen LogP contribution in [0.4, 0.5) is 0 Å². The van der Waals surface area contributed by atoms with Gasteiger partial charge < -0.3 is 9.30 Å². The lowest BCUT2D eigenvalue weighted by Crippen LogP contribution is -2.37. The van der Waals surface area contributed by atoms with Crippen molar-refractivity contribution in [3.8, 4) is 5.75 Å². The molecule has 1 aromatic heterocycles. The Morgan fingerprint density at radius 2 is 1.76 bits per heavy atom. The van der Waals surface area contributed by atoms with Crippen LogP contribution in [0.15, 0.2) is 34.1 Å². The number of benzene rings is 1. The predicted molar refractivity (Wildman–Crippen MR) is 95.5 cm³/mol. The van der Waals surface area contributed by atoms with Gasteiger partial charge in [-0.2, -0.15) is 4.31 Å². The average Bonchev–Trinajstić information content (AvgIpc) is 2.57. The number of aryl methyl sites for hydroxylation is 3. The van der Waals surface area contributed by atoms with Gasteiger partial charge in [-0.1, -0.05) is 0 Å². The van der Waals surface area contributed by atoms with E-state index in [1.165, 1.54) is 16.0 Å². The van der Waals surface area contributed by atoms with Gasteiger partial charge >= 0.3 is 0 Å². The van der Waals surface area contributed by atoms with E-state index in [1.54, 1.807) is 31.4 Å². The maximum atomic E-state index is 13.2. The van der Waals surface area contributed by atoms with E-state index in [2.05, 4.69) is 0 Å². The second-order valence-corrected chi connectivity index (χ2v) is 8.36. The van der Waals surface area contributed by atoms with Crippen molar-refractivity contribution >= 4 is 10.0 Å². The summed E-state index contributed by atoms with van der Waals surface area (Å²) < 4.78 is 34.6. The first-order chi connectivity index (χ1) is 11.7. The zero-order valence-electron chi connectivity index (χ0n) is 14.9. The summed E-state index contributed by atoms with van der Waals surface area (Å²) in [6.45, 7) is 4.40. The Morgan fingerprint density at radius 3 is 2.44 bits per heavy atom. The Bertz CT molecular complexity index is 993.